The average molecular weight is 329 g/mol. The van der Waals surface area contributed by atoms with Gasteiger partial charge in [-0.05, 0) is 24.7 Å². The van der Waals surface area contributed by atoms with Crippen LogP contribution in [0.3, 0.4) is 0 Å². The molecule has 0 saturated heterocycles. The molecule has 0 amide bonds. The summed E-state index contributed by atoms with van der Waals surface area (Å²) < 4.78 is 40.0. The second-order valence-corrected chi connectivity index (χ2v) is 7.27. The lowest BCUT2D eigenvalue weighted by Crippen LogP contribution is -2.27. The van der Waals surface area contributed by atoms with Crippen LogP contribution < -0.4 is 5.32 Å². The fraction of sp³-hybridized carbons (Fsp3) is 0.308. The van der Waals surface area contributed by atoms with Gasteiger partial charge in [-0.15, -0.1) is 11.3 Å². The van der Waals surface area contributed by atoms with Crippen LogP contribution in [0.1, 0.15) is 11.3 Å². The van der Waals surface area contributed by atoms with Gasteiger partial charge in [0.1, 0.15) is 10.7 Å². The maximum atomic E-state index is 13.9. The molecule has 114 valence electrons. The van der Waals surface area contributed by atoms with E-state index in [4.69, 9.17) is 0 Å². The summed E-state index contributed by atoms with van der Waals surface area (Å²) in [5.41, 5.74) is 2.97. The molecule has 0 aliphatic rings. The van der Waals surface area contributed by atoms with Crippen molar-refractivity contribution in [3.8, 4) is 0 Å². The van der Waals surface area contributed by atoms with Crippen LogP contribution in [-0.4, -0.2) is 31.8 Å². The molecule has 2 rings (SSSR count). The van der Waals surface area contributed by atoms with Crippen molar-refractivity contribution in [3.05, 3.63) is 46.2 Å². The summed E-state index contributed by atoms with van der Waals surface area (Å²) in [7, 11) is -0.734. The maximum absolute atomic E-state index is 13.9. The lowest BCUT2D eigenvalue weighted by molar-refractivity contribution is 0.456. The standard InChI is InChI=1S/C13H16FN3O2S2/c1-15-6-10-3-4-12(14)13(5-10)21(18,19)17(2)7-11-8-20-9-16-11/h3-5,8-9,15H,6-7H2,1-2H3. The van der Waals surface area contributed by atoms with Crippen molar-refractivity contribution < 1.29 is 12.8 Å². The number of benzene rings is 1. The molecular formula is C13H16FN3O2S2. The minimum Gasteiger partial charge on any atom is -0.316 e. The summed E-state index contributed by atoms with van der Waals surface area (Å²) >= 11 is 1.39. The Bertz CT molecular complexity index is 702. The quantitative estimate of drug-likeness (QED) is 0.878. The first-order valence-corrected chi connectivity index (χ1v) is 8.60. The highest BCUT2D eigenvalue weighted by Crippen LogP contribution is 2.21. The van der Waals surface area contributed by atoms with Crippen molar-refractivity contribution >= 4 is 21.4 Å². The first kappa shape index (κ1) is 16.0. The van der Waals surface area contributed by atoms with E-state index >= 15 is 0 Å². The summed E-state index contributed by atoms with van der Waals surface area (Å²) in [5, 5.41) is 4.67. The summed E-state index contributed by atoms with van der Waals surface area (Å²) in [6.07, 6.45) is 0. The van der Waals surface area contributed by atoms with Gasteiger partial charge < -0.3 is 5.32 Å². The van der Waals surface area contributed by atoms with E-state index < -0.39 is 15.8 Å². The van der Waals surface area contributed by atoms with Crippen LogP contribution in [0.5, 0.6) is 0 Å². The third kappa shape index (κ3) is 3.65. The zero-order valence-electron chi connectivity index (χ0n) is 11.7. The minimum atomic E-state index is -3.89. The molecule has 0 unspecified atom stereocenters. The van der Waals surface area contributed by atoms with Gasteiger partial charge in [0.2, 0.25) is 10.0 Å². The van der Waals surface area contributed by atoms with Crippen molar-refractivity contribution in [2.24, 2.45) is 0 Å². The van der Waals surface area contributed by atoms with Crippen molar-refractivity contribution in [3.63, 3.8) is 0 Å². The van der Waals surface area contributed by atoms with Crippen LogP contribution in [0.15, 0.2) is 34.0 Å². The molecule has 21 heavy (non-hydrogen) atoms. The lowest BCUT2D eigenvalue weighted by atomic mass is 10.2. The molecule has 1 N–H and O–H groups in total. The molecule has 1 aromatic heterocycles. The molecule has 0 saturated carbocycles. The Hall–Kier alpha value is -1.35. The van der Waals surface area contributed by atoms with Gasteiger partial charge in [0.05, 0.1) is 17.7 Å². The van der Waals surface area contributed by atoms with Gasteiger partial charge in [-0.2, -0.15) is 4.31 Å². The summed E-state index contributed by atoms with van der Waals surface area (Å²) in [6, 6.07) is 4.10. The van der Waals surface area contributed by atoms with Crippen LogP contribution in [0.4, 0.5) is 4.39 Å². The van der Waals surface area contributed by atoms with Crippen LogP contribution in [0.2, 0.25) is 0 Å². The molecular weight excluding hydrogens is 313 g/mol. The molecule has 0 aliphatic carbocycles. The van der Waals surface area contributed by atoms with E-state index in [9.17, 15) is 12.8 Å². The second-order valence-electron chi connectivity index (χ2n) is 4.54. The van der Waals surface area contributed by atoms with E-state index in [1.807, 2.05) is 0 Å². The lowest BCUT2D eigenvalue weighted by Gasteiger charge is -2.17. The van der Waals surface area contributed by atoms with Crippen molar-refractivity contribution in [2.45, 2.75) is 18.0 Å². The number of nitrogens with zero attached hydrogens (tertiary/aromatic N) is 2. The van der Waals surface area contributed by atoms with E-state index in [1.54, 1.807) is 24.0 Å². The number of aromatic nitrogens is 1. The Labute approximate surface area is 127 Å². The van der Waals surface area contributed by atoms with Crippen LogP contribution in [0, 0.1) is 5.82 Å². The highest BCUT2D eigenvalue weighted by Gasteiger charge is 2.25. The first-order valence-electron chi connectivity index (χ1n) is 6.21. The van der Waals surface area contributed by atoms with Crippen LogP contribution >= 0.6 is 11.3 Å². The Balaban J connectivity index is 2.31. The predicted octanol–water partition coefficient (Wildman–Crippen LogP) is 1.82. The van der Waals surface area contributed by atoms with Crippen molar-refractivity contribution in [1.82, 2.24) is 14.6 Å². The molecule has 0 bridgehead atoms. The number of nitrogens with one attached hydrogen (secondary N) is 1. The van der Waals surface area contributed by atoms with E-state index in [0.717, 1.165) is 4.31 Å². The molecule has 1 aromatic carbocycles. The molecule has 0 fully saturated rings. The van der Waals surface area contributed by atoms with Crippen molar-refractivity contribution in [2.75, 3.05) is 14.1 Å². The Morgan fingerprint density at radius 2 is 2.19 bits per heavy atom. The van der Waals surface area contributed by atoms with Gasteiger partial charge >= 0.3 is 0 Å². The molecule has 8 heteroatoms. The third-order valence-corrected chi connectivity index (χ3v) is 5.39. The predicted molar refractivity (Wildman–Crippen MR) is 79.9 cm³/mol. The summed E-state index contributed by atoms with van der Waals surface area (Å²) in [5.74, 6) is -0.750. The Kier molecular flexibility index (Phi) is 5.04. The number of halogens is 1. The van der Waals surface area contributed by atoms with Gasteiger partial charge in [-0.1, -0.05) is 6.07 Å². The molecule has 0 atom stereocenters. The SMILES string of the molecule is CNCc1ccc(F)c(S(=O)(=O)N(C)Cc2cscn2)c1. The number of thiazole rings is 1. The fourth-order valence-electron chi connectivity index (χ4n) is 1.86. The maximum Gasteiger partial charge on any atom is 0.246 e. The molecule has 1 heterocycles. The largest absolute Gasteiger partial charge is 0.316 e. The van der Waals surface area contributed by atoms with Crippen molar-refractivity contribution in [1.29, 1.82) is 0 Å². The zero-order chi connectivity index (χ0) is 15.5. The van der Waals surface area contributed by atoms with Gasteiger partial charge in [-0.3, -0.25) is 0 Å². The normalized spacial score (nSPS) is 12.0. The number of sulfonamides is 1. The summed E-state index contributed by atoms with van der Waals surface area (Å²) in [6.45, 7) is 0.583. The van der Waals surface area contributed by atoms with Gasteiger partial charge in [0.15, 0.2) is 0 Å². The van der Waals surface area contributed by atoms with E-state index in [2.05, 4.69) is 10.3 Å². The molecule has 0 spiro atoms. The van der Waals surface area contributed by atoms with E-state index in [0.29, 0.717) is 17.8 Å². The van der Waals surface area contributed by atoms with Crippen LogP contribution in [-0.2, 0) is 23.1 Å². The third-order valence-electron chi connectivity index (χ3n) is 2.93. The summed E-state index contributed by atoms with van der Waals surface area (Å²) in [4.78, 5) is 3.73. The first-order chi connectivity index (χ1) is 9.95. The molecule has 5 nitrogen and oxygen atoms in total. The number of rotatable bonds is 6. The average Bonchev–Trinajstić information content (AvgIpc) is 2.94. The minimum absolute atomic E-state index is 0.113. The second kappa shape index (κ2) is 6.61. The van der Waals surface area contributed by atoms with E-state index in [1.165, 1.54) is 30.5 Å². The smallest absolute Gasteiger partial charge is 0.246 e. The topological polar surface area (TPSA) is 62.3 Å². The molecule has 0 aliphatic heterocycles. The number of hydrogen-bond acceptors (Lipinski definition) is 5. The molecule has 2 aromatic rings. The monoisotopic (exact) mass is 329 g/mol. The Morgan fingerprint density at radius 1 is 1.43 bits per heavy atom. The Morgan fingerprint density at radius 3 is 2.81 bits per heavy atom. The number of hydrogen-bond donors (Lipinski definition) is 1. The molecule has 0 radical (unpaired) electrons. The van der Waals surface area contributed by atoms with Crippen LogP contribution in [0.25, 0.3) is 0 Å². The van der Waals surface area contributed by atoms with Gasteiger partial charge in [0.25, 0.3) is 0 Å². The van der Waals surface area contributed by atoms with Gasteiger partial charge in [0, 0.05) is 19.0 Å². The van der Waals surface area contributed by atoms with Gasteiger partial charge in [-0.25, -0.2) is 17.8 Å². The fourth-order valence-corrected chi connectivity index (χ4v) is 3.66. The van der Waals surface area contributed by atoms with E-state index in [-0.39, 0.29) is 11.4 Å². The highest BCUT2D eigenvalue weighted by molar-refractivity contribution is 7.89. The highest BCUT2D eigenvalue weighted by atomic mass is 32.2. The zero-order valence-corrected chi connectivity index (χ0v) is 13.3.